The van der Waals surface area contributed by atoms with Gasteiger partial charge in [0, 0.05) is 13.1 Å². The number of hydrogen-bond donors (Lipinski definition) is 1. The number of benzene rings is 1. The van der Waals surface area contributed by atoms with E-state index in [1.54, 1.807) is 0 Å². The summed E-state index contributed by atoms with van der Waals surface area (Å²) in [5.74, 6) is -1.27. The monoisotopic (exact) mass is 317 g/mol. The van der Waals surface area contributed by atoms with Crippen molar-refractivity contribution in [2.24, 2.45) is 0 Å². The molecule has 0 amide bonds. The van der Waals surface area contributed by atoms with E-state index >= 15 is 0 Å². The molecule has 20 heavy (non-hydrogen) atoms. The second-order valence-electron chi connectivity index (χ2n) is 4.10. The molecule has 1 aromatic rings. The van der Waals surface area contributed by atoms with Crippen LogP contribution in [0.5, 0.6) is 0 Å². The Bertz CT molecular complexity index is 613. The van der Waals surface area contributed by atoms with Crippen molar-refractivity contribution in [3.63, 3.8) is 0 Å². The lowest BCUT2D eigenvalue weighted by Gasteiger charge is -2.20. The normalized spacial score (nSPS) is 11.6. The third kappa shape index (κ3) is 3.59. The summed E-state index contributed by atoms with van der Waals surface area (Å²) < 4.78 is 26.1. The van der Waals surface area contributed by atoms with Gasteiger partial charge in [-0.2, -0.15) is 4.31 Å². The highest BCUT2D eigenvalue weighted by Crippen LogP contribution is 2.23. The van der Waals surface area contributed by atoms with Crippen LogP contribution in [-0.2, 0) is 10.0 Å². The molecule has 5 nitrogen and oxygen atoms in total. The fraction of sp³-hybridized carbons (Fsp3) is 0.308. The summed E-state index contributed by atoms with van der Waals surface area (Å²) in [6, 6.07) is 3.65. The van der Waals surface area contributed by atoms with Gasteiger partial charge in [-0.25, -0.2) is 13.2 Å². The van der Waals surface area contributed by atoms with E-state index in [4.69, 9.17) is 16.7 Å². The maximum Gasteiger partial charge on any atom is 0.337 e. The van der Waals surface area contributed by atoms with Gasteiger partial charge in [0.15, 0.2) is 0 Å². The van der Waals surface area contributed by atoms with Crippen LogP contribution in [-0.4, -0.2) is 36.9 Å². The molecule has 0 aliphatic heterocycles. The van der Waals surface area contributed by atoms with E-state index in [9.17, 15) is 13.2 Å². The maximum atomic E-state index is 12.4. The Morgan fingerprint density at radius 2 is 2.15 bits per heavy atom. The van der Waals surface area contributed by atoms with Crippen LogP contribution in [0.3, 0.4) is 0 Å². The first-order valence-corrected chi connectivity index (χ1v) is 7.80. The summed E-state index contributed by atoms with van der Waals surface area (Å²) in [4.78, 5) is 10.9. The molecule has 0 saturated carbocycles. The van der Waals surface area contributed by atoms with E-state index in [2.05, 4.69) is 6.58 Å². The van der Waals surface area contributed by atoms with Crippen LogP contribution in [0.15, 0.2) is 35.7 Å². The highest BCUT2D eigenvalue weighted by molar-refractivity contribution is 7.89. The molecule has 0 heterocycles. The van der Waals surface area contributed by atoms with Gasteiger partial charge in [0.05, 0.1) is 15.5 Å². The standard InChI is InChI=1S/C13H16ClNO4S/c1-3-7-15(8-4-2)20(18,19)10-5-6-12(14)11(9-10)13(16)17/h3,5-6,9H,1,4,7-8H2,2H3,(H,16,17). The second-order valence-corrected chi connectivity index (χ2v) is 6.44. The number of rotatable bonds is 7. The van der Waals surface area contributed by atoms with Gasteiger partial charge >= 0.3 is 5.97 Å². The van der Waals surface area contributed by atoms with Crippen molar-refractivity contribution in [1.29, 1.82) is 0 Å². The average molecular weight is 318 g/mol. The number of halogens is 1. The summed E-state index contributed by atoms with van der Waals surface area (Å²) in [7, 11) is -3.76. The molecule has 0 saturated heterocycles. The molecule has 0 unspecified atom stereocenters. The number of carboxylic acids is 1. The van der Waals surface area contributed by atoms with E-state index in [-0.39, 0.29) is 22.0 Å². The molecule has 0 spiro atoms. The van der Waals surface area contributed by atoms with E-state index < -0.39 is 16.0 Å². The van der Waals surface area contributed by atoms with Crippen LogP contribution in [0.4, 0.5) is 0 Å². The number of carboxylic acid groups (broad SMARTS) is 1. The Kier molecular flexibility index (Phi) is 5.74. The van der Waals surface area contributed by atoms with Crippen molar-refractivity contribution >= 4 is 27.6 Å². The Hall–Kier alpha value is -1.37. The Balaban J connectivity index is 3.30. The van der Waals surface area contributed by atoms with Gasteiger partial charge in [-0.1, -0.05) is 24.6 Å². The van der Waals surface area contributed by atoms with Gasteiger partial charge < -0.3 is 5.11 Å². The third-order valence-electron chi connectivity index (χ3n) is 2.61. The third-order valence-corrected chi connectivity index (χ3v) is 4.80. The lowest BCUT2D eigenvalue weighted by molar-refractivity contribution is 0.0697. The van der Waals surface area contributed by atoms with Crippen molar-refractivity contribution in [1.82, 2.24) is 4.31 Å². The molecular formula is C13H16ClNO4S. The summed E-state index contributed by atoms with van der Waals surface area (Å²) >= 11 is 5.74. The quantitative estimate of drug-likeness (QED) is 0.784. The minimum Gasteiger partial charge on any atom is -0.478 e. The molecule has 7 heteroatoms. The molecule has 0 radical (unpaired) electrons. The maximum absolute atomic E-state index is 12.4. The van der Waals surface area contributed by atoms with Crippen molar-refractivity contribution in [2.45, 2.75) is 18.2 Å². The Morgan fingerprint density at radius 1 is 1.50 bits per heavy atom. The minimum absolute atomic E-state index is 0.00205. The van der Waals surface area contributed by atoms with Gasteiger partial charge in [-0.05, 0) is 24.6 Å². The van der Waals surface area contributed by atoms with E-state index in [0.29, 0.717) is 13.0 Å². The first-order chi connectivity index (χ1) is 9.34. The molecular weight excluding hydrogens is 302 g/mol. The first kappa shape index (κ1) is 16.7. The fourth-order valence-electron chi connectivity index (χ4n) is 1.68. The van der Waals surface area contributed by atoms with Crippen LogP contribution in [0.1, 0.15) is 23.7 Å². The van der Waals surface area contributed by atoms with Crippen LogP contribution >= 0.6 is 11.6 Å². The molecule has 1 rings (SSSR count). The zero-order valence-corrected chi connectivity index (χ0v) is 12.6. The van der Waals surface area contributed by atoms with Gasteiger partial charge in [0.2, 0.25) is 10.0 Å². The van der Waals surface area contributed by atoms with Crippen molar-refractivity contribution in [3.05, 3.63) is 41.4 Å². The number of sulfonamides is 1. The van der Waals surface area contributed by atoms with Crippen LogP contribution in [0, 0.1) is 0 Å². The smallest absolute Gasteiger partial charge is 0.337 e. The van der Waals surface area contributed by atoms with Gasteiger partial charge in [0.25, 0.3) is 0 Å². The van der Waals surface area contributed by atoms with Crippen LogP contribution in [0.25, 0.3) is 0 Å². The molecule has 0 aliphatic rings. The highest BCUT2D eigenvalue weighted by atomic mass is 35.5. The molecule has 0 aliphatic carbocycles. The Morgan fingerprint density at radius 3 is 2.65 bits per heavy atom. The SMILES string of the molecule is C=CCN(CCC)S(=O)(=O)c1ccc(Cl)c(C(=O)O)c1. The van der Waals surface area contributed by atoms with Crippen LogP contribution in [0.2, 0.25) is 5.02 Å². The van der Waals surface area contributed by atoms with Gasteiger partial charge in [0.1, 0.15) is 0 Å². The zero-order valence-electron chi connectivity index (χ0n) is 11.0. The van der Waals surface area contributed by atoms with E-state index in [1.807, 2.05) is 6.92 Å². The number of nitrogens with zero attached hydrogens (tertiary/aromatic N) is 1. The van der Waals surface area contributed by atoms with Crippen molar-refractivity contribution < 1.29 is 18.3 Å². The summed E-state index contributed by atoms with van der Waals surface area (Å²) in [5, 5.41) is 8.99. The molecule has 110 valence electrons. The predicted molar refractivity (Wildman–Crippen MR) is 77.7 cm³/mol. The van der Waals surface area contributed by atoms with Crippen molar-refractivity contribution in [2.75, 3.05) is 13.1 Å². The lowest BCUT2D eigenvalue weighted by Crippen LogP contribution is -2.32. The van der Waals surface area contributed by atoms with E-state index in [1.165, 1.54) is 22.5 Å². The number of aromatic carboxylic acids is 1. The summed E-state index contributed by atoms with van der Waals surface area (Å²) in [6.07, 6.45) is 2.13. The topological polar surface area (TPSA) is 74.7 Å². The molecule has 0 atom stereocenters. The number of carbonyl (C=O) groups is 1. The zero-order chi connectivity index (χ0) is 15.3. The second kappa shape index (κ2) is 6.88. The number of hydrogen-bond acceptors (Lipinski definition) is 3. The molecule has 0 aromatic heterocycles. The van der Waals surface area contributed by atoms with E-state index in [0.717, 1.165) is 6.07 Å². The van der Waals surface area contributed by atoms with Gasteiger partial charge in [-0.15, -0.1) is 6.58 Å². The van der Waals surface area contributed by atoms with Crippen molar-refractivity contribution in [3.8, 4) is 0 Å². The molecule has 0 bridgehead atoms. The summed E-state index contributed by atoms with van der Waals surface area (Å²) in [6.45, 7) is 5.89. The fourth-order valence-corrected chi connectivity index (χ4v) is 3.41. The minimum atomic E-state index is -3.76. The average Bonchev–Trinajstić information content (AvgIpc) is 2.38. The predicted octanol–water partition coefficient (Wildman–Crippen LogP) is 2.62. The molecule has 1 N–H and O–H groups in total. The van der Waals surface area contributed by atoms with Gasteiger partial charge in [-0.3, -0.25) is 0 Å². The van der Waals surface area contributed by atoms with Crippen LogP contribution < -0.4 is 0 Å². The highest BCUT2D eigenvalue weighted by Gasteiger charge is 2.24. The summed E-state index contributed by atoms with van der Waals surface area (Å²) in [5.41, 5.74) is -0.234. The Labute approximate surface area is 123 Å². The molecule has 0 fully saturated rings. The largest absolute Gasteiger partial charge is 0.478 e. The lowest BCUT2D eigenvalue weighted by atomic mass is 10.2. The molecule has 1 aromatic carbocycles. The first-order valence-electron chi connectivity index (χ1n) is 5.98.